The summed E-state index contributed by atoms with van der Waals surface area (Å²) in [6, 6.07) is 0. The van der Waals surface area contributed by atoms with Crippen molar-refractivity contribution < 1.29 is 9.63 Å². The highest BCUT2D eigenvalue weighted by atomic mass is 16.5. The van der Waals surface area contributed by atoms with Crippen molar-refractivity contribution in [3.63, 3.8) is 0 Å². The molecular weight excluding hydrogens is 144 g/mol. The standard InChI is InChI=1S/C7H8N2O2/c1-4-7(3,10)6-8-5(2)9-11-6/h1,10H,2-3H3/t7-/m1/s1. The van der Waals surface area contributed by atoms with E-state index in [9.17, 15) is 5.11 Å². The van der Waals surface area contributed by atoms with Gasteiger partial charge >= 0.3 is 0 Å². The first-order valence-electron chi connectivity index (χ1n) is 3.07. The number of nitrogens with zero attached hydrogens (tertiary/aromatic N) is 2. The van der Waals surface area contributed by atoms with Crippen molar-refractivity contribution in [2.24, 2.45) is 0 Å². The maximum atomic E-state index is 9.38. The van der Waals surface area contributed by atoms with Crippen LogP contribution in [-0.4, -0.2) is 15.2 Å². The van der Waals surface area contributed by atoms with Gasteiger partial charge in [0.1, 0.15) is 0 Å². The minimum Gasteiger partial charge on any atom is -0.370 e. The Labute approximate surface area is 64.2 Å². The first kappa shape index (κ1) is 7.76. The molecule has 1 aromatic rings. The monoisotopic (exact) mass is 152 g/mol. The Bertz CT molecular complexity index is 296. The normalized spacial score (nSPS) is 15.5. The van der Waals surface area contributed by atoms with Crippen LogP contribution in [0.1, 0.15) is 18.6 Å². The molecule has 0 saturated heterocycles. The highest BCUT2D eigenvalue weighted by molar-refractivity contribution is 5.13. The Morgan fingerprint density at radius 2 is 2.36 bits per heavy atom. The molecule has 4 nitrogen and oxygen atoms in total. The summed E-state index contributed by atoms with van der Waals surface area (Å²) >= 11 is 0. The number of rotatable bonds is 1. The Kier molecular flexibility index (Phi) is 1.67. The average Bonchev–Trinajstić information content (AvgIpc) is 2.36. The van der Waals surface area contributed by atoms with E-state index in [2.05, 4.69) is 20.6 Å². The van der Waals surface area contributed by atoms with Crippen LogP contribution in [-0.2, 0) is 5.60 Å². The van der Waals surface area contributed by atoms with E-state index >= 15 is 0 Å². The summed E-state index contributed by atoms with van der Waals surface area (Å²) < 4.78 is 4.67. The van der Waals surface area contributed by atoms with Crippen LogP contribution >= 0.6 is 0 Å². The van der Waals surface area contributed by atoms with Crippen molar-refractivity contribution in [3.8, 4) is 12.3 Å². The molecule has 1 N–H and O–H groups in total. The van der Waals surface area contributed by atoms with Gasteiger partial charge in [-0.3, -0.25) is 0 Å². The topological polar surface area (TPSA) is 59.2 Å². The second-order valence-electron chi connectivity index (χ2n) is 2.36. The van der Waals surface area contributed by atoms with Crippen LogP contribution in [0.15, 0.2) is 4.52 Å². The summed E-state index contributed by atoms with van der Waals surface area (Å²) in [5, 5.41) is 12.9. The SMILES string of the molecule is C#C[C@@](C)(O)c1nc(C)no1. The number of hydrogen-bond acceptors (Lipinski definition) is 4. The van der Waals surface area contributed by atoms with Gasteiger partial charge in [-0.1, -0.05) is 11.1 Å². The molecule has 58 valence electrons. The van der Waals surface area contributed by atoms with E-state index in [1.54, 1.807) is 6.92 Å². The molecule has 1 aromatic heterocycles. The summed E-state index contributed by atoms with van der Waals surface area (Å²) in [5.41, 5.74) is -1.46. The number of aliphatic hydroxyl groups is 1. The lowest BCUT2D eigenvalue weighted by Crippen LogP contribution is -2.18. The first-order chi connectivity index (χ1) is 5.06. The van der Waals surface area contributed by atoms with E-state index in [1.165, 1.54) is 6.92 Å². The molecule has 0 unspecified atom stereocenters. The molecule has 0 saturated carbocycles. The number of terminal acetylenes is 1. The minimum absolute atomic E-state index is 0.0532. The van der Waals surface area contributed by atoms with Gasteiger partial charge < -0.3 is 9.63 Å². The molecule has 4 heteroatoms. The number of hydrogen-bond donors (Lipinski definition) is 1. The maximum absolute atomic E-state index is 9.38. The highest BCUT2D eigenvalue weighted by Gasteiger charge is 2.26. The van der Waals surface area contributed by atoms with Gasteiger partial charge in [-0.2, -0.15) is 4.98 Å². The van der Waals surface area contributed by atoms with Crippen molar-refractivity contribution in [3.05, 3.63) is 11.7 Å². The average molecular weight is 152 g/mol. The van der Waals surface area contributed by atoms with Crippen molar-refractivity contribution in [1.82, 2.24) is 10.1 Å². The summed E-state index contributed by atoms with van der Waals surface area (Å²) in [6.45, 7) is 3.07. The molecule has 0 aliphatic heterocycles. The summed E-state index contributed by atoms with van der Waals surface area (Å²) in [5.74, 6) is 2.64. The first-order valence-corrected chi connectivity index (χ1v) is 3.07. The Morgan fingerprint density at radius 3 is 2.73 bits per heavy atom. The summed E-state index contributed by atoms with van der Waals surface area (Å²) in [7, 11) is 0. The molecule has 0 fully saturated rings. The second-order valence-corrected chi connectivity index (χ2v) is 2.36. The van der Waals surface area contributed by atoms with Crippen LogP contribution in [0.2, 0.25) is 0 Å². The fraction of sp³-hybridized carbons (Fsp3) is 0.429. The largest absolute Gasteiger partial charge is 0.370 e. The van der Waals surface area contributed by atoms with E-state index in [0.29, 0.717) is 5.82 Å². The zero-order valence-electron chi connectivity index (χ0n) is 6.33. The van der Waals surface area contributed by atoms with Gasteiger partial charge in [0.2, 0.25) is 5.60 Å². The van der Waals surface area contributed by atoms with Gasteiger partial charge in [0.25, 0.3) is 5.89 Å². The molecular formula is C7H8N2O2. The fourth-order valence-corrected chi connectivity index (χ4v) is 0.557. The van der Waals surface area contributed by atoms with Crippen LogP contribution in [0.3, 0.4) is 0 Å². The summed E-state index contributed by atoms with van der Waals surface area (Å²) in [6.07, 6.45) is 5.02. The third kappa shape index (κ3) is 1.38. The molecule has 1 rings (SSSR count). The lowest BCUT2D eigenvalue weighted by atomic mass is 10.1. The molecule has 1 atom stereocenters. The van der Waals surface area contributed by atoms with Crippen molar-refractivity contribution in [2.45, 2.75) is 19.4 Å². The zero-order chi connectivity index (χ0) is 8.48. The molecule has 1 heterocycles. The van der Waals surface area contributed by atoms with Crippen LogP contribution in [0.4, 0.5) is 0 Å². The lowest BCUT2D eigenvalue weighted by molar-refractivity contribution is 0.0817. The zero-order valence-corrected chi connectivity index (χ0v) is 6.33. The Morgan fingerprint density at radius 1 is 1.73 bits per heavy atom. The molecule has 0 radical (unpaired) electrons. The van der Waals surface area contributed by atoms with Gasteiger partial charge in [0.05, 0.1) is 0 Å². The van der Waals surface area contributed by atoms with Crippen molar-refractivity contribution >= 4 is 0 Å². The van der Waals surface area contributed by atoms with E-state index in [4.69, 9.17) is 6.42 Å². The predicted molar refractivity (Wildman–Crippen MR) is 37.4 cm³/mol. The smallest absolute Gasteiger partial charge is 0.270 e. The fourth-order valence-electron chi connectivity index (χ4n) is 0.557. The molecule has 11 heavy (non-hydrogen) atoms. The van der Waals surface area contributed by atoms with Gasteiger partial charge in [-0.05, 0) is 13.8 Å². The Hall–Kier alpha value is -1.34. The molecule has 0 aliphatic rings. The van der Waals surface area contributed by atoms with E-state index in [0.717, 1.165) is 0 Å². The van der Waals surface area contributed by atoms with Crippen LogP contribution in [0, 0.1) is 19.3 Å². The molecule has 0 bridgehead atoms. The third-order valence-corrected chi connectivity index (χ3v) is 1.23. The second kappa shape index (κ2) is 2.36. The third-order valence-electron chi connectivity index (χ3n) is 1.23. The molecule has 0 aliphatic carbocycles. The number of aromatic nitrogens is 2. The van der Waals surface area contributed by atoms with E-state index in [1.807, 2.05) is 0 Å². The van der Waals surface area contributed by atoms with Crippen LogP contribution in [0.25, 0.3) is 0 Å². The van der Waals surface area contributed by atoms with Crippen molar-refractivity contribution in [2.75, 3.05) is 0 Å². The van der Waals surface area contributed by atoms with Crippen molar-refractivity contribution in [1.29, 1.82) is 0 Å². The molecule has 0 amide bonds. The molecule has 0 spiro atoms. The van der Waals surface area contributed by atoms with Gasteiger partial charge in [-0.15, -0.1) is 6.42 Å². The minimum atomic E-state index is -1.46. The molecule has 0 aromatic carbocycles. The van der Waals surface area contributed by atoms with Gasteiger partial charge in [0, 0.05) is 0 Å². The van der Waals surface area contributed by atoms with Gasteiger partial charge in [0.15, 0.2) is 5.82 Å². The highest BCUT2D eigenvalue weighted by Crippen LogP contribution is 2.16. The lowest BCUT2D eigenvalue weighted by Gasteiger charge is -2.08. The van der Waals surface area contributed by atoms with Crippen LogP contribution < -0.4 is 0 Å². The quantitative estimate of drug-likeness (QED) is 0.585. The van der Waals surface area contributed by atoms with Crippen LogP contribution in [0.5, 0.6) is 0 Å². The predicted octanol–water partition coefficient (Wildman–Crippen LogP) is 0.219. The summed E-state index contributed by atoms with van der Waals surface area (Å²) in [4.78, 5) is 3.78. The van der Waals surface area contributed by atoms with Gasteiger partial charge in [-0.25, -0.2) is 0 Å². The number of aryl methyl sites for hydroxylation is 1. The maximum Gasteiger partial charge on any atom is 0.270 e. The van der Waals surface area contributed by atoms with E-state index < -0.39 is 5.60 Å². The Balaban J connectivity index is 3.04. The van der Waals surface area contributed by atoms with E-state index in [-0.39, 0.29) is 5.89 Å².